The Morgan fingerprint density at radius 3 is 1.62 bits per heavy atom. The average Bonchev–Trinajstić information content (AvgIpc) is 2.80. The van der Waals surface area contributed by atoms with E-state index in [1.807, 2.05) is 41.5 Å². The largest absolute Gasteiger partial charge is 0.507 e. The molecule has 40 heavy (non-hydrogen) atoms. The summed E-state index contributed by atoms with van der Waals surface area (Å²) in [5.41, 5.74) is 11.1. The van der Waals surface area contributed by atoms with E-state index < -0.39 is 40.7 Å². The number of hydrogen-bond donors (Lipinski definition) is 10. The Hall–Kier alpha value is -4.03. The number of phenolic OH excluding ortho intramolecular Hbond substituents is 1. The first kappa shape index (κ1) is 34.0. The van der Waals surface area contributed by atoms with Gasteiger partial charge in [-0.3, -0.25) is 20.4 Å². The highest BCUT2D eigenvalue weighted by atomic mass is 16.4. The molecule has 1 aromatic carbocycles. The molecule has 224 valence electrons. The fourth-order valence-corrected chi connectivity index (χ4v) is 4.01. The highest BCUT2D eigenvalue weighted by molar-refractivity contribution is 5.98. The van der Waals surface area contributed by atoms with Crippen molar-refractivity contribution in [3.05, 3.63) is 28.8 Å². The lowest BCUT2D eigenvalue weighted by Crippen LogP contribution is -2.52. The van der Waals surface area contributed by atoms with Gasteiger partial charge in [-0.25, -0.2) is 4.79 Å². The maximum absolute atomic E-state index is 13.5. The number of nitrogens with two attached hydrogens (primary N) is 2. The molecule has 1 aromatic rings. The van der Waals surface area contributed by atoms with Gasteiger partial charge in [-0.1, -0.05) is 41.5 Å². The Morgan fingerprint density at radius 2 is 1.25 bits per heavy atom. The number of amides is 2. The molecule has 12 N–H and O–H groups in total. The zero-order chi connectivity index (χ0) is 30.8. The van der Waals surface area contributed by atoms with Crippen molar-refractivity contribution in [2.24, 2.45) is 11.5 Å². The molecule has 2 atom stereocenters. The molecule has 0 saturated heterocycles. The fourth-order valence-electron chi connectivity index (χ4n) is 4.01. The summed E-state index contributed by atoms with van der Waals surface area (Å²) < 4.78 is 0. The molecule has 0 spiro atoms. The predicted octanol–water partition coefficient (Wildman–Crippen LogP) is 1.18. The van der Waals surface area contributed by atoms with Crippen molar-refractivity contribution in [1.29, 1.82) is 10.8 Å². The number of hydrogen-bond acceptors (Lipinski definition) is 6. The fraction of sp³-hybridized carbons (Fsp3) is 0.593. The third-order valence-corrected chi connectivity index (χ3v) is 6.19. The monoisotopic (exact) mass is 562 g/mol. The van der Waals surface area contributed by atoms with Crippen LogP contribution in [0.4, 0.5) is 0 Å². The van der Waals surface area contributed by atoms with Crippen molar-refractivity contribution in [2.75, 3.05) is 13.1 Å². The number of rotatable bonds is 13. The molecular formula is C27H46N8O5. The maximum Gasteiger partial charge on any atom is 0.326 e. The lowest BCUT2D eigenvalue weighted by atomic mass is 9.78. The SMILES string of the molecule is CC(C)(C)c1cc(C(=O)N[C@@H](CCCNC(=N)N)C(=O)N[C@@H](CCCNC(=N)N)C(=O)O)cc(C(C)(C)C)c1O. The van der Waals surface area contributed by atoms with E-state index in [1.54, 1.807) is 12.1 Å². The van der Waals surface area contributed by atoms with Gasteiger partial charge in [0.25, 0.3) is 5.91 Å². The summed E-state index contributed by atoms with van der Waals surface area (Å²) in [5, 5.41) is 45.5. The van der Waals surface area contributed by atoms with Crippen LogP contribution < -0.4 is 32.7 Å². The van der Waals surface area contributed by atoms with Gasteiger partial charge < -0.3 is 42.9 Å². The van der Waals surface area contributed by atoms with Crippen molar-refractivity contribution in [3.8, 4) is 5.75 Å². The van der Waals surface area contributed by atoms with Gasteiger partial charge in [-0.2, -0.15) is 0 Å². The standard InChI is InChI=1S/C27H46N8O5/c1-26(2,3)16-13-15(14-17(20(16)36)27(4,5)6)21(37)34-18(9-7-11-32-24(28)29)22(38)35-19(23(39)40)10-8-12-33-25(30)31/h13-14,18-19,36H,7-12H2,1-6H3,(H,34,37)(H,35,38)(H,39,40)(H4,28,29,32)(H4,30,31,33)/t18-,19-/m0/s1. The minimum atomic E-state index is -1.23. The molecule has 0 aliphatic rings. The highest BCUT2D eigenvalue weighted by Crippen LogP contribution is 2.39. The number of phenols is 1. The van der Waals surface area contributed by atoms with Crippen molar-refractivity contribution in [1.82, 2.24) is 21.3 Å². The van der Waals surface area contributed by atoms with Gasteiger partial charge >= 0.3 is 5.97 Å². The van der Waals surface area contributed by atoms with E-state index in [0.717, 1.165) is 0 Å². The van der Waals surface area contributed by atoms with Crippen LogP contribution in [-0.4, -0.2) is 65.1 Å². The van der Waals surface area contributed by atoms with Crippen LogP contribution in [0.5, 0.6) is 5.75 Å². The number of nitrogens with one attached hydrogen (secondary N) is 6. The summed E-state index contributed by atoms with van der Waals surface area (Å²) in [6.45, 7) is 12.1. The topological polar surface area (TPSA) is 240 Å². The Kier molecular flexibility index (Phi) is 12.2. The van der Waals surface area contributed by atoms with Crippen LogP contribution in [0, 0.1) is 10.8 Å². The Morgan fingerprint density at radius 1 is 0.825 bits per heavy atom. The smallest absolute Gasteiger partial charge is 0.326 e. The maximum atomic E-state index is 13.5. The summed E-state index contributed by atoms with van der Waals surface area (Å²) in [4.78, 5) is 38.5. The molecule has 0 aromatic heterocycles. The number of aliphatic carboxylic acids is 1. The Labute approximate surface area is 235 Å². The van der Waals surface area contributed by atoms with Crippen LogP contribution in [0.15, 0.2) is 12.1 Å². The second kappa shape index (κ2) is 14.4. The number of guanidine groups is 2. The van der Waals surface area contributed by atoms with Gasteiger partial charge in [0.05, 0.1) is 0 Å². The van der Waals surface area contributed by atoms with E-state index in [2.05, 4.69) is 21.3 Å². The van der Waals surface area contributed by atoms with Gasteiger partial charge in [0, 0.05) is 29.8 Å². The lowest BCUT2D eigenvalue weighted by molar-refractivity contribution is -0.142. The van der Waals surface area contributed by atoms with E-state index >= 15 is 0 Å². The minimum absolute atomic E-state index is 0.0791. The van der Waals surface area contributed by atoms with Gasteiger partial charge in [0.1, 0.15) is 17.8 Å². The summed E-state index contributed by atoms with van der Waals surface area (Å²) in [6, 6.07) is 0.913. The van der Waals surface area contributed by atoms with Crippen LogP contribution in [-0.2, 0) is 20.4 Å². The van der Waals surface area contributed by atoms with Crippen molar-refractivity contribution in [2.45, 2.75) is 90.1 Å². The third kappa shape index (κ3) is 11.0. The lowest BCUT2D eigenvalue weighted by Gasteiger charge is -2.28. The van der Waals surface area contributed by atoms with Crippen molar-refractivity contribution in [3.63, 3.8) is 0 Å². The summed E-state index contributed by atoms with van der Waals surface area (Å²) in [7, 11) is 0. The molecular weight excluding hydrogens is 516 g/mol. The molecule has 13 nitrogen and oxygen atoms in total. The number of carboxylic acid groups (broad SMARTS) is 1. The summed E-state index contributed by atoms with van der Waals surface area (Å²) in [6.07, 6.45) is 0.908. The number of benzene rings is 1. The second-order valence-electron chi connectivity index (χ2n) is 11.8. The van der Waals surface area contributed by atoms with Gasteiger partial charge in [-0.05, 0) is 48.6 Å². The molecule has 0 saturated carbocycles. The summed E-state index contributed by atoms with van der Waals surface area (Å²) >= 11 is 0. The van der Waals surface area contributed by atoms with E-state index in [0.29, 0.717) is 24.0 Å². The van der Waals surface area contributed by atoms with E-state index in [9.17, 15) is 24.6 Å². The van der Waals surface area contributed by atoms with E-state index in [-0.39, 0.29) is 49.2 Å². The van der Waals surface area contributed by atoms with E-state index in [1.165, 1.54) is 0 Å². The number of aromatic hydroxyl groups is 1. The summed E-state index contributed by atoms with van der Waals surface area (Å²) in [5.74, 6) is -2.81. The normalized spacial score (nSPS) is 13.1. The highest BCUT2D eigenvalue weighted by Gasteiger charge is 2.30. The molecule has 2 amide bonds. The molecule has 0 aliphatic heterocycles. The molecule has 0 bridgehead atoms. The Bertz CT molecular complexity index is 1060. The number of carbonyl (C=O) groups excluding carboxylic acids is 2. The zero-order valence-electron chi connectivity index (χ0n) is 24.3. The predicted molar refractivity (Wildman–Crippen MR) is 155 cm³/mol. The van der Waals surface area contributed by atoms with Gasteiger partial charge in [0.2, 0.25) is 5.91 Å². The first-order valence-electron chi connectivity index (χ1n) is 13.2. The first-order valence-corrected chi connectivity index (χ1v) is 13.2. The van der Waals surface area contributed by atoms with Crippen LogP contribution in [0.3, 0.4) is 0 Å². The second-order valence-corrected chi connectivity index (χ2v) is 11.8. The molecule has 0 fully saturated rings. The molecule has 13 heteroatoms. The zero-order valence-corrected chi connectivity index (χ0v) is 24.3. The van der Waals surface area contributed by atoms with Gasteiger partial charge in [0.15, 0.2) is 11.9 Å². The molecule has 1 rings (SSSR count). The van der Waals surface area contributed by atoms with Crippen LogP contribution in [0.1, 0.15) is 88.7 Å². The Balaban J connectivity index is 3.25. The quantitative estimate of drug-likeness (QED) is 0.0941. The molecule has 0 heterocycles. The number of carbonyl (C=O) groups is 3. The number of carboxylic acids is 1. The first-order chi connectivity index (χ1) is 18.3. The van der Waals surface area contributed by atoms with Crippen LogP contribution in [0.25, 0.3) is 0 Å². The molecule has 0 unspecified atom stereocenters. The van der Waals surface area contributed by atoms with Crippen LogP contribution in [0.2, 0.25) is 0 Å². The third-order valence-electron chi connectivity index (χ3n) is 6.19. The van der Waals surface area contributed by atoms with Crippen molar-refractivity contribution >= 4 is 29.7 Å². The minimum Gasteiger partial charge on any atom is -0.507 e. The average molecular weight is 563 g/mol. The van der Waals surface area contributed by atoms with Gasteiger partial charge in [-0.15, -0.1) is 0 Å². The van der Waals surface area contributed by atoms with Crippen molar-refractivity contribution < 1.29 is 24.6 Å². The molecule has 0 aliphatic carbocycles. The van der Waals surface area contributed by atoms with Crippen LogP contribution >= 0.6 is 0 Å². The van der Waals surface area contributed by atoms with E-state index in [4.69, 9.17) is 22.3 Å². The molecule has 0 radical (unpaired) electrons.